The van der Waals surface area contributed by atoms with Crippen LogP contribution in [0.4, 0.5) is 0 Å². The van der Waals surface area contributed by atoms with Crippen molar-refractivity contribution in [3.63, 3.8) is 0 Å². The summed E-state index contributed by atoms with van der Waals surface area (Å²) in [6, 6.07) is 9.57. The van der Waals surface area contributed by atoms with E-state index < -0.39 is 0 Å². The quantitative estimate of drug-likeness (QED) is 0.746. The number of nitrogens with zero attached hydrogens (tertiary/aromatic N) is 3. The van der Waals surface area contributed by atoms with Gasteiger partial charge in [0, 0.05) is 5.56 Å². The fourth-order valence-electron chi connectivity index (χ4n) is 1.73. The third-order valence-corrected chi connectivity index (χ3v) is 3.03. The molecule has 1 heterocycles. The van der Waals surface area contributed by atoms with Gasteiger partial charge < -0.3 is 0 Å². The highest BCUT2D eigenvalue weighted by molar-refractivity contribution is 5.65. The van der Waals surface area contributed by atoms with Gasteiger partial charge in [-0.1, -0.05) is 12.1 Å². The molecule has 3 heteroatoms. The molecule has 17 heavy (non-hydrogen) atoms. The lowest BCUT2D eigenvalue weighted by Gasteiger charge is -2.08. The first-order chi connectivity index (χ1) is 8.13. The number of hydrogen-bond donors (Lipinski definition) is 0. The summed E-state index contributed by atoms with van der Waals surface area (Å²) in [6.07, 6.45) is 0. The van der Waals surface area contributed by atoms with Gasteiger partial charge >= 0.3 is 0 Å². The average molecular weight is 223 g/mol. The zero-order chi connectivity index (χ0) is 12.4. The molecule has 0 bridgehead atoms. The summed E-state index contributed by atoms with van der Waals surface area (Å²) in [6.45, 7) is 6.02. The summed E-state index contributed by atoms with van der Waals surface area (Å²) in [4.78, 5) is 0. The molecule has 1 aromatic carbocycles. The van der Waals surface area contributed by atoms with Crippen molar-refractivity contribution < 1.29 is 0 Å². The standard InChI is InChI=1S/C14H13N3/c1-9-10(2)14(17-16-11(9)3)13-6-4-5-12(7-13)8-15/h4-7H,1-3H3. The fourth-order valence-corrected chi connectivity index (χ4v) is 1.73. The van der Waals surface area contributed by atoms with Gasteiger partial charge in [-0.2, -0.15) is 10.4 Å². The molecule has 3 nitrogen and oxygen atoms in total. The van der Waals surface area contributed by atoms with Crippen molar-refractivity contribution in [3.8, 4) is 17.3 Å². The highest BCUT2D eigenvalue weighted by Gasteiger charge is 2.09. The van der Waals surface area contributed by atoms with Crippen LogP contribution < -0.4 is 0 Å². The first kappa shape index (κ1) is 11.3. The van der Waals surface area contributed by atoms with E-state index in [1.807, 2.05) is 39.0 Å². The predicted molar refractivity (Wildman–Crippen MR) is 66.4 cm³/mol. The summed E-state index contributed by atoms with van der Waals surface area (Å²) >= 11 is 0. The molecule has 0 radical (unpaired) electrons. The van der Waals surface area contributed by atoms with Crippen molar-refractivity contribution in [1.29, 1.82) is 5.26 Å². The van der Waals surface area contributed by atoms with E-state index in [2.05, 4.69) is 16.3 Å². The largest absolute Gasteiger partial charge is 0.192 e. The van der Waals surface area contributed by atoms with Gasteiger partial charge in [-0.15, -0.1) is 5.10 Å². The Morgan fingerprint density at radius 3 is 2.53 bits per heavy atom. The minimum Gasteiger partial charge on any atom is -0.192 e. The Labute approximate surface area is 101 Å². The van der Waals surface area contributed by atoms with Gasteiger partial charge in [0.05, 0.1) is 23.0 Å². The van der Waals surface area contributed by atoms with E-state index in [-0.39, 0.29) is 0 Å². The lowest BCUT2D eigenvalue weighted by molar-refractivity contribution is 0.951. The van der Waals surface area contributed by atoms with Crippen molar-refractivity contribution in [1.82, 2.24) is 10.2 Å². The van der Waals surface area contributed by atoms with Gasteiger partial charge in [0.2, 0.25) is 0 Å². The summed E-state index contributed by atoms with van der Waals surface area (Å²) in [5.74, 6) is 0. The Morgan fingerprint density at radius 2 is 1.82 bits per heavy atom. The smallest absolute Gasteiger partial charge is 0.0991 e. The SMILES string of the molecule is Cc1nnc(-c2cccc(C#N)c2)c(C)c1C. The number of aromatic nitrogens is 2. The topological polar surface area (TPSA) is 49.6 Å². The molecule has 0 fully saturated rings. The Bertz CT molecular complexity index is 609. The molecule has 0 aliphatic rings. The second kappa shape index (κ2) is 4.34. The van der Waals surface area contributed by atoms with E-state index in [9.17, 15) is 0 Å². The van der Waals surface area contributed by atoms with Crippen LogP contribution >= 0.6 is 0 Å². The molecule has 1 aromatic heterocycles. The van der Waals surface area contributed by atoms with Gasteiger partial charge in [-0.25, -0.2) is 0 Å². The van der Waals surface area contributed by atoms with Crippen molar-refractivity contribution >= 4 is 0 Å². The Kier molecular flexibility index (Phi) is 2.88. The lowest BCUT2D eigenvalue weighted by atomic mass is 10.0. The van der Waals surface area contributed by atoms with Crippen LogP contribution in [0.3, 0.4) is 0 Å². The maximum Gasteiger partial charge on any atom is 0.0991 e. The maximum absolute atomic E-state index is 8.89. The molecule has 84 valence electrons. The fraction of sp³-hybridized carbons (Fsp3) is 0.214. The third kappa shape index (κ3) is 2.02. The highest BCUT2D eigenvalue weighted by Crippen LogP contribution is 2.24. The zero-order valence-corrected chi connectivity index (χ0v) is 10.2. The summed E-state index contributed by atoms with van der Waals surface area (Å²) in [5.41, 5.74) is 5.65. The first-order valence-corrected chi connectivity index (χ1v) is 5.44. The summed E-state index contributed by atoms with van der Waals surface area (Å²) in [5, 5.41) is 17.3. The van der Waals surface area contributed by atoms with Gasteiger partial charge in [0.25, 0.3) is 0 Å². The Morgan fingerprint density at radius 1 is 1.06 bits per heavy atom. The normalized spacial score (nSPS) is 10.0. The number of rotatable bonds is 1. The van der Waals surface area contributed by atoms with Crippen LogP contribution in [0, 0.1) is 32.1 Å². The van der Waals surface area contributed by atoms with E-state index in [4.69, 9.17) is 5.26 Å². The molecule has 0 spiro atoms. The Balaban J connectivity index is 2.61. The molecular formula is C14H13N3. The van der Waals surface area contributed by atoms with Gasteiger partial charge in [-0.05, 0) is 44.0 Å². The van der Waals surface area contributed by atoms with E-state index >= 15 is 0 Å². The summed E-state index contributed by atoms with van der Waals surface area (Å²) in [7, 11) is 0. The molecule has 0 N–H and O–H groups in total. The van der Waals surface area contributed by atoms with Crippen molar-refractivity contribution in [2.45, 2.75) is 20.8 Å². The zero-order valence-electron chi connectivity index (χ0n) is 10.2. The molecule has 0 aliphatic heterocycles. The molecule has 0 saturated heterocycles. The van der Waals surface area contributed by atoms with Crippen molar-refractivity contribution in [3.05, 3.63) is 46.6 Å². The second-order valence-corrected chi connectivity index (χ2v) is 4.08. The molecule has 2 rings (SSSR count). The van der Waals surface area contributed by atoms with Crippen LogP contribution in [0.1, 0.15) is 22.4 Å². The predicted octanol–water partition coefficient (Wildman–Crippen LogP) is 2.94. The molecule has 0 amide bonds. The Hall–Kier alpha value is -2.21. The lowest BCUT2D eigenvalue weighted by Crippen LogP contribution is -1.99. The average Bonchev–Trinajstić information content (AvgIpc) is 2.36. The third-order valence-electron chi connectivity index (χ3n) is 3.03. The van der Waals surface area contributed by atoms with Gasteiger partial charge in [0.15, 0.2) is 0 Å². The molecule has 2 aromatic rings. The van der Waals surface area contributed by atoms with E-state index in [0.29, 0.717) is 5.56 Å². The number of nitriles is 1. The summed E-state index contributed by atoms with van der Waals surface area (Å²) < 4.78 is 0. The van der Waals surface area contributed by atoms with Crippen LogP contribution in [0.25, 0.3) is 11.3 Å². The van der Waals surface area contributed by atoms with Crippen LogP contribution in [-0.4, -0.2) is 10.2 Å². The maximum atomic E-state index is 8.89. The van der Waals surface area contributed by atoms with E-state index in [0.717, 1.165) is 28.1 Å². The molecule has 0 saturated carbocycles. The van der Waals surface area contributed by atoms with Gasteiger partial charge in [0.1, 0.15) is 0 Å². The van der Waals surface area contributed by atoms with Crippen LogP contribution in [0.5, 0.6) is 0 Å². The van der Waals surface area contributed by atoms with Crippen molar-refractivity contribution in [2.75, 3.05) is 0 Å². The second-order valence-electron chi connectivity index (χ2n) is 4.08. The molecule has 0 aliphatic carbocycles. The highest BCUT2D eigenvalue weighted by atomic mass is 15.1. The monoisotopic (exact) mass is 223 g/mol. The van der Waals surface area contributed by atoms with Crippen LogP contribution in [0.2, 0.25) is 0 Å². The van der Waals surface area contributed by atoms with E-state index in [1.165, 1.54) is 0 Å². The number of benzene rings is 1. The minimum atomic E-state index is 0.641. The minimum absolute atomic E-state index is 0.641. The number of hydrogen-bond acceptors (Lipinski definition) is 3. The van der Waals surface area contributed by atoms with Crippen LogP contribution in [0.15, 0.2) is 24.3 Å². The van der Waals surface area contributed by atoms with E-state index in [1.54, 1.807) is 6.07 Å². The van der Waals surface area contributed by atoms with Crippen LogP contribution in [-0.2, 0) is 0 Å². The van der Waals surface area contributed by atoms with Gasteiger partial charge in [-0.3, -0.25) is 0 Å². The first-order valence-electron chi connectivity index (χ1n) is 5.44. The molecule has 0 atom stereocenters. The molecule has 0 unspecified atom stereocenters. The molecular weight excluding hydrogens is 210 g/mol. The number of aryl methyl sites for hydroxylation is 1. The van der Waals surface area contributed by atoms with Crippen molar-refractivity contribution in [2.24, 2.45) is 0 Å².